The fourth-order valence-corrected chi connectivity index (χ4v) is 2.81. The van der Waals surface area contributed by atoms with Gasteiger partial charge in [-0.25, -0.2) is 0 Å². The number of carbonyl (C=O) groups is 1. The maximum atomic E-state index is 12.3. The number of hydrogen-bond donors (Lipinski definition) is 1. The van der Waals surface area contributed by atoms with E-state index < -0.39 is 6.36 Å². The van der Waals surface area contributed by atoms with Crippen LogP contribution in [0, 0.1) is 0 Å². The molecule has 0 saturated heterocycles. The van der Waals surface area contributed by atoms with E-state index in [9.17, 15) is 18.0 Å². The minimum atomic E-state index is -4.76. The molecular weight excluding hydrogens is 339 g/mol. The second-order valence-electron chi connectivity index (χ2n) is 4.84. The molecule has 2 rings (SSSR count). The zero-order chi connectivity index (χ0) is 17.4. The molecule has 0 saturated carbocycles. The Morgan fingerprint density at radius 1 is 1.04 bits per heavy atom. The van der Waals surface area contributed by atoms with Gasteiger partial charge < -0.3 is 10.1 Å². The Balaban J connectivity index is 1.79. The molecule has 0 heterocycles. The van der Waals surface area contributed by atoms with E-state index in [0.717, 1.165) is 4.90 Å². The SMILES string of the molecule is O=C(CCSc1ccccc1)NCc1ccccc1OC(F)(F)F. The fraction of sp³-hybridized carbons (Fsp3) is 0.235. The zero-order valence-electron chi connectivity index (χ0n) is 12.7. The van der Waals surface area contributed by atoms with Crippen molar-refractivity contribution in [1.29, 1.82) is 0 Å². The van der Waals surface area contributed by atoms with Crippen LogP contribution < -0.4 is 10.1 Å². The van der Waals surface area contributed by atoms with E-state index in [1.807, 2.05) is 30.3 Å². The second kappa shape index (κ2) is 8.63. The van der Waals surface area contributed by atoms with E-state index in [2.05, 4.69) is 10.1 Å². The number of hydrogen-bond acceptors (Lipinski definition) is 3. The normalized spacial score (nSPS) is 11.1. The smallest absolute Gasteiger partial charge is 0.405 e. The summed E-state index contributed by atoms with van der Waals surface area (Å²) in [6, 6.07) is 15.4. The molecule has 1 amide bonds. The van der Waals surface area contributed by atoms with Gasteiger partial charge >= 0.3 is 6.36 Å². The third-order valence-electron chi connectivity index (χ3n) is 3.02. The lowest BCUT2D eigenvalue weighted by Gasteiger charge is -2.13. The standard InChI is InChI=1S/C17H16F3NO2S/c18-17(19,20)23-15-9-5-4-6-13(15)12-21-16(22)10-11-24-14-7-2-1-3-8-14/h1-9H,10-12H2,(H,21,22). The van der Waals surface area contributed by atoms with Gasteiger partial charge in [0.1, 0.15) is 5.75 Å². The van der Waals surface area contributed by atoms with Gasteiger partial charge in [-0.1, -0.05) is 36.4 Å². The van der Waals surface area contributed by atoms with Crippen LogP contribution in [0.25, 0.3) is 0 Å². The number of amides is 1. The van der Waals surface area contributed by atoms with Gasteiger partial charge in [0.2, 0.25) is 5.91 Å². The average Bonchev–Trinajstić information content (AvgIpc) is 2.54. The lowest BCUT2D eigenvalue weighted by Crippen LogP contribution is -2.24. The van der Waals surface area contributed by atoms with Crippen molar-refractivity contribution in [2.75, 3.05) is 5.75 Å². The quantitative estimate of drug-likeness (QED) is 0.749. The highest BCUT2D eigenvalue weighted by molar-refractivity contribution is 7.99. The van der Waals surface area contributed by atoms with E-state index in [1.165, 1.54) is 18.2 Å². The largest absolute Gasteiger partial charge is 0.573 e. The van der Waals surface area contributed by atoms with Crippen LogP contribution in [0.5, 0.6) is 5.75 Å². The predicted octanol–water partition coefficient (Wildman–Crippen LogP) is 4.38. The molecule has 3 nitrogen and oxygen atoms in total. The van der Waals surface area contributed by atoms with Crippen LogP contribution >= 0.6 is 11.8 Å². The van der Waals surface area contributed by atoms with Crippen molar-refractivity contribution in [2.24, 2.45) is 0 Å². The van der Waals surface area contributed by atoms with Gasteiger partial charge in [-0.3, -0.25) is 4.79 Å². The van der Waals surface area contributed by atoms with E-state index in [4.69, 9.17) is 0 Å². The van der Waals surface area contributed by atoms with Crippen molar-refractivity contribution >= 4 is 17.7 Å². The summed E-state index contributed by atoms with van der Waals surface area (Å²) >= 11 is 1.55. The molecule has 1 N–H and O–H groups in total. The predicted molar refractivity (Wildman–Crippen MR) is 86.8 cm³/mol. The summed E-state index contributed by atoms with van der Waals surface area (Å²) in [5.74, 6) is 0.0699. The molecule has 2 aromatic carbocycles. The number of carbonyl (C=O) groups excluding carboxylic acids is 1. The highest BCUT2D eigenvalue weighted by Crippen LogP contribution is 2.26. The minimum absolute atomic E-state index is 0.0128. The third-order valence-corrected chi connectivity index (χ3v) is 4.03. The first-order chi connectivity index (χ1) is 11.4. The Labute approximate surface area is 142 Å². The van der Waals surface area contributed by atoms with Crippen LogP contribution in [0.1, 0.15) is 12.0 Å². The summed E-state index contributed by atoms with van der Waals surface area (Å²) in [6.07, 6.45) is -4.48. The zero-order valence-corrected chi connectivity index (χ0v) is 13.5. The molecule has 0 bridgehead atoms. The van der Waals surface area contributed by atoms with Crippen LogP contribution in [0.15, 0.2) is 59.5 Å². The van der Waals surface area contributed by atoms with Crippen LogP contribution in [0.4, 0.5) is 13.2 Å². The van der Waals surface area contributed by atoms with E-state index in [1.54, 1.807) is 17.8 Å². The van der Waals surface area contributed by atoms with Crippen molar-refractivity contribution in [3.8, 4) is 5.75 Å². The van der Waals surface area contributed by atoms with Gasteiger partial charge in [0.25, 0.3) is 0 Å². The molecular formula is C17H16F3NO2S. The first-order valence-electron chi connectivity index (χ1n) is 7.22. The lowest BCUT2D eigenvalue weighted by atomic mass is 10.2. The highest BCUT2D eigenvalue weighted by atomic mass is 32.2. The molecule has 0 aliphatic heterocycles. The summed E-state index contributed by atoms with van der Waals surface area (Å²) in [5.41, 5.74) is 0.277. The van der Waals surface area contributed by atoms with Crippen LogP contribution in [-0.2, 0) is 11.3 Å². The van der Waals surface area contributed by atoms with E-state index in [-0.39, 0.29) is 30.2 Å². The molecule has 0 atom stereocenters. The molecule has 128 valence electrons. The Bertz CT molecular complexity index is 662. The van der Waals surface area contributed by atoms with E-state index >= 15 is 0 Å². The molecule has 2 aromatic rings. The minimum Gasteiger partial charge on any atom is -0.405 e. The van der Waals surface area contributed by atoms with Crippen LogP contribution in [0.3, 0.4) is 0 Å². The summed E-state index contributed by atoms with van der Waals surface area (Å²) in [4.78, 5) is 12.9. The average molecular weight is 355 g/mol. The van der Waals surface area contributed by atoms with Crippen LogP contribution in [0.2, 0.25) is 0 Å². The lowest BCUT2D eigenvalue weighted by molar-refractivity contribution is -0.274. The number of rotatable bonds is 7. The fourth-order valence-electron chi connectivity index (χ4n) is 1.93. The Hall–Kier alpha value is -2.15. The van der Waals surface area contributed by atoms with Crippen molar-refractivity contribution in [3.63, 3.8) is 0 Å². The van der Waals surface area contributed by atoms with Gasteiger partial charge in [-0.05, 0) is 18.2 Å². The van der Waals surface area contributed by atoms with Crippen molar-refractivity contribution in [2.45, 2.75) is 24.2 Å². The molecule has 0 aliphatic carbocycles. The first-order valence-corrected chi connectivity index (χ1v) is 8.21. The van der Waals surface area contributed by atoms with Crippen molar-refractivity contribution < 1.29 is 22.7 Å². The van der Waals surface area contributed by atoms with Crippen molar-refractivity contribution in [3.05, 3.63) is 60.2 Å². The number of nitrogens with one attached hydrogen (secondary N) is 1. The first kappa shape index (κ1) is 18.2. The summed E-state index contributed by atoms with van der Waals surface area (Å²) < 4.78 is 41.0. The molecule has 0 aliphatic rings. The molecule has 0 aromatic heterocycles. The number of ether oxygens (including phenoxy) is 1. The van der Waals surface area contributed by atoms with Gasteiger partial charge in [0.15, 0.2) is 0 Å². The number of halogens is 3. The molecule has 0 fully saturated rings. The van der Waals surface area contributed by atoms with Gasteiger partial charge in [0, 0.05) is 29.2 Å². The molecule has 7 heteroatoms. The van der Waals surface area contributed by atoms with Gasteiger partial charge in [-0.15, -0.1) is 24.9 Å². The Morgan fingerprint density at radius 2 is 1.71 bits per heavy atom. The molecule has 0 unspecified atom stereocenters. The Morgan fingerprint density at radius 3 is 2.42 bits per heavy atom. The summed E-state index contributed by atoms with van der Waals surface area (Å²) in [6.45, 7) is -0.0128. The highest BCUT2D eigenvalue weighted by Gasteiger charge is 2.31. The number of para-hydroxylation sites is 1. The molecule has 24 heavy (non-hydrogen) atoms. The summed E-state index contributed by atoms with van der Waals surface area (Å²) in [7, 11) is 0. The van der Waals surface area contributed by atoms with Crippen molar-refractivity contribution in [1.82, 2.24) is 5.32 Å². The monoisotopic (exact) mass is 355 g/mol. The summed E-state index contributed by atoms with van der Waals surface area (Å²) in [5, 5.41) is 2.61. The van der Waals surface area contributed by atoms with Gasteiger partial charge in [-0.2, -0.15) is 0 Å². The number of benzene rings is 2. The number of thioether (sulfide) groups is 1. The van der Waals surface area contributed by atoms with Crippen LogP contribution in [-0.4, -0.2) is 18.0 Å². The second-order valence-corrected chi connectivity index (χ2v) is 6.01. The molecule has 0 spiro atoms. The number of alkyl halides is 3. The third kappa shape index (κ3) is 6.54. The topological polar surface area (TPSA) is 38.3 Å². The Kier molecular flexibility index (Phi) is 6.54. The molecule has 0 radical (unpaired) electrons. The van der Waals surface area contributed by atoms with E-state index in [0.29, 0.717) is 5.75 Å². The maximum Gasteiger partial charge on any atom is 0.573 e. The maximum absolute atomic E-state index is 12.3. The van der Waals surface area contributed by atoms with Gasteiger partial charge in [0.05, 0.1) is 0 Å².